The van der Waals surface area contributed by atoms with Crippen molar-refractivity contribution in [3.8, 4) is 5.69 Å². The van der Waals surface area contributed by atoms with E-state index >= 15 is 0 Å². The molecule has 1 saturated carbocycles. The van der Waals surface area contributed by atoms with Gasteiger partial charge in [-0.15, -0.1) is 5.10 Å². The Bertz CT molecular complexity index is 786. The van der Waals surface area contributed by atoms with Gasteiger partial charge < -0.3 is 5.32 Å². The highest BCUT2D eigenvalue weighted by Crippen LogP contribution is 2.23. The molecule has 2 aromatic carbocycles. The van der Waals surface area contributed by atoms with Crippen LogP contribution in [0.15, 0.2) is 42.5 Å². The van der Waals surface area contributed by atoms with Gasteiger partial charge in [-0.25, -0.2) is 4.68 Å². The molecule has 1 heterocycles. The maximum Gasteiger partial charge on any atom is 0.113 e. The molecule has 4 rings (SSSR count). The smallest absolute Gasteiger partial charge is 0.113 e. The molecular formula is C17H18N4. The molecule has 0 bridgehead atoms. The lowest BCUT2D eigenvalue weighted by atomic mass is 10.1. The maximum atomic E-state index is 4.34. The summed E-state index contributed by atoms with van der Waals surface area (Å²) in [7, 11) is 0. The minimum atomic E-state index is 0.700. The van der Waals surface area contributed by atoms with Gasteiger partial charge in [0.25, 0.3) is 0 Å². The van der Waals surface area contributed by atoms with Gasteiger partial charge in [-0.05, 0) is 43.5 Å². The molecular weight excluding hydrogens is 260 g/mol. The summed E-state index contributed by atoms with van der Waals surface area (Å²) in [5.74, 6) is 0. The average Bonchev–Trinajstić information content (AvgIpc) is 3.24. The number of fused-ring (bicyclic) bond motifs is 1. The van der Waals surface area contributed by atoms with E-state index in [-0.39, 0.29) is 0 Å². The van der Waals surface area contributed by atoms with Crippen molar-refractivity contribution < 1.29 is 0 Å². The fraction of sp³-hybridized carbons (Fsp3) is 0.294. The molecule has 4 heteroatoms. The quantitative estimate of drug-likeness (QED) is 0.798. The first-order chi connectivity index (χ1) is 10.3. The van der Waals surface area contributed by atoms with Gasteiger partial charge in [0.15, 0.2) is 0 Å². The van der Waals surface area contributed by atoms with Crippen LogP contribution in [0.1, 0.15) is 24.0 Å². The van der Waals surface area contributed by atoms with E-state index in [4.69, 9.17) is 0 Å². The fourth-order valence-corrected chi connectivity index (χ4v) is 2.65. The van der Waals surface area contributed by atoms with E-state index in [1.807, 2.05) is 22.9 Å². The number of aromatic nitrogens is 3. The average molecular weight is 278 g/mol. The van der Waals surface area contributed by atoms with Gasteiger partial charge in [-0.1, -0.05) is 35.0 Å². The lowest BCUT2D eigenvalue weighted by Gasteiger charge is -2.12. The molecule has 106 valence electrons. The monoisotopic (exact) mass is 278 g/mol. The van der Waals surface area contributed by atoms with Crippen LogP contribution in [0.4, 0.5) is 0 Å². The SMILES string of the molecule is Cc1ccc(-n2nnc3ccccc32)c(CNC2CC2)c1. The highest BCUT2D eigenvalue weighted by atomic mass is 15.4. The molecule has 1 aromatic heterocycles. The molecule has 1 N–H and O–H groups in total. The summed E-state index contributed by atoms with van der Waals surface area (Å²) in [6, 6.07) is 15.3. The van der Waals surface area contributed by atoms with Crippen LogP contribution >= 0.6 is 0 Å². The van der Waals surface area contributed by atoms with Gasteiger partial charge in [-0.2, -0.15) is 0 Å². The van der Waals surface area contributed by atoms with Crippen LogP contribution in [0.25, 0.3) is 16.7 Å². The Balaban J connectivity index is 1.79. The zero-order valence-electron chi connectivity index (χ0n) is 12.1. The first-order valence-corrected chi connectivity index (χ1v) is 7.45. The number of hydrogen-bond donors (Lipinski definition) is 1. The Kier molecular flexibility index (Phi) is 2.97. The van der Waals surface area contributed by atoms with E-state index in [1.54, 1.807) is 0 Å². The van der Waals surface area contributed by atoms with Crippen molar-refractivity contribution in [1.82, 2.24) is 20.3 Å². The van der Waals surface area contributed by atoms with E-state index in [2.05, 4.69) is 46.8 Å². The molecule has 0 radical (unpaired) electrons. The largest absolute Gasteiger partial charge is 0.310 e. The normalized spacial score (nSPS) is 14.7. The van der Waals surface area contributed by atoms with Crippen LogP contribution in [0.3, 0.4) is 0 Å². The summed E-state index contributed by atoms with van der Waals surface area (Å²) in [6.07, 6.45) is 2.60. The van der Waals surface area contributed by atoms with Crippen molar-refractivity contribution in [2.24, 2.45) is 0 Å². The number of aryl methyl sites for hydroxylation is 1. The molecule has 1 aliphatic rings. The predicted molar refractivity (Wildman–Crippen MR) is 83.5 cm³/mol. The predicted octanol–water partition coefficient (Wildman–Crippen LogP) is 2.98. The highest BCUT2D eigenvalue weighted by Gasteiger charge is 2.21. The first-order valence-electron chi connectivity index (χ1n) is 7.45. The molecule has 4 nitrogen and oxygen atoms in total. The summed E-state index contributed by atoms with van der Waals surface area (Å²) >= 11 is 0. The number of para-hydroxylation sites is 1. The van der Waals surface area contributed by atoms with Crippen LogP contribution in [0.2, 0.25) is 0 Å². The van der Waals surface area contributed by atoms with Crippen LogP contribution in [-0.4, -0.2) is 21.0 Å². The molecule has 0 amide bonds. The van der Waals surface area contributed by atoms with Gasteiger partial charge in [0.05, 0.1) is 11.2 Å². The molecule has 0 aliphatic heterocycles. The summed E-state index contributed by atoms with van der Waals surface area (Å²) in [5, 5.41) is 12.2. The van der Waals surface area contributed by atoms with Gasteiger partial charge in [-0.3, -0.25) is 0 Å². The topological polar surface area (TPSA) is 42.7 Å². The molecule has 1 fully saturated rings. The lowest BCUT2D eigenvalue weighted by molar-refractivity contribution is 0.679. The molecule has 1 aliphatic carbocycles. The molecule has 3 aromatic rings. The Labute approximate surface area is 123 Å². The van der Waals surface area contributed by atoms with Crippen molar-refractivity contribution in [2.45, 2.75) is 32.4 Å². The Morgan fingerprint density at radius 2 is 2.05 bits per heavy atom. The maximum absolute atomic E-state index is 4.34. The number of nitrogens with zero attached hydrogens (tertiary/aromatic N) is 3. The van der Waals surface area contributed by atoms with E-state index in [1.165, 1.54) is 24.0 Å². The zero-order chi connectivity index (χ0) is 14.2. The highest BCUT2D eigenvalue weighted by molar-refractivity contribution is 5.76. The minimum absolute atomic E-state index is 0.700. The Morgan fingerprint density at radius 1 is 1.19 bits per heavy atom. The summed E-state index contributed by atoms with van der Waals surface area (Å²) < 4.78 is 1.94. The van der Waals surface area contributed by atoms with Gasteiger partial charge in [0, 0.05) is 12.6 Å². The van der Waals surface area contributed by atoms with Gasteiger partial charge in [0.2, 0.25) is 0 Å². The van der Waals surface area contributed by atoms with E-state index < -0.39 is 0 Å². The first kappa shape index (κ1) is 12.5. The Morgan fingerprint density at radius 3 is 2.90 bits per heavy atom. The van der Waals surface area contributed by atoms with Gasteiger partial charge in [0.1, 0.15) is 5.52 Å². The third-order valence-corrected chi connectivity index (χ3v) is 3.97. The van der Waals surface area contributed by atoms with Crippen molar-refractivity contribution in [3.63, 3.8) is 0 Å². The van der Waals surface area contributed by atoms with E-state index in [0.717, 1.165) is 23.3 Å². The van der Waals surface area contributed by atoms with Crippen LogP contribution in [-0.2, 0) is 6.54 Å². The van der Waals surface area contributed by atoms with Crippen molar-refractivity contribution in [2.75, 3.05) is 0 Å². The number of hydrogen-bond acceptors (Lipinski definition) is 3. The second kappa shape index (κ2) is 4.97. The fourth-order valence-electron chi connectivity index (χ4n) is 2.65. The van der Waals surface area contributed by atoms with Crippen LogP contribution < -0.4 is 5.32 Å². The van der Waals surface area contributed by atoms with Crippen molar-refractivity contribution in [1.29, 1.82) is 0 Å². The second-order valence-electron chi connectivity index (χ2n) is 5.78. The second-order valence-corrected chi connectivity index (χ2v) is 5.78. The third-order valence-electron chi connectivity index (χ3n) is 3.97. The number of nitrogens with one attached hydrogen (secondary N) is 1. The Hall–Kier alpha value is -2.20. The zero-order valence-corrected chi connectivity index (χ0v) is 12.1. The number of benzene rings is 2. The summed E-state index contributed by atoms with van der Waals surface area (Å²) in [5.41, 5.74) is 5.64. The summed E-state index contributed by atoms with van der Waals surface area (Å²) in [4.78, 5) is 0. The number of rotatable bonds is 4. The van der Waals surface area contributed by atoms with Crippen molar-refractivity contribution in [3.05, 3.63) is 53.6 Å². The van der Waals surface area contributed by atoms with Crippen LogP contribution in [0.5, 0.6) is 0 Å². The lowest BCUT2D eigenvalue weighted by Crippen LogP contribution is -2.17. The molecule has 0 atom stereocenters. The van der Waals surface area contributed by atoms with E-state index in [0.29, 0.717) is 6.04 Å². The molecule has 0 saturated heterocycles. The van der Waals surface area contributed by atoms with E-state index in [9.17, 15) is 0 Å². The standard InChI is InChI=1S/C17H18N4/c1-12-6-9-16(13(10-12)11-18-14-7-8-14)21-17-5-3-2-4-15(17)19-20-21/h2-6,9-10,14,18H,7-8,11H2,1H3. The molecule has 21 heavy (non-hydrogen) atoms. The summed E-state index contributed by atoms with van der Waals surface area (Å²) in [6.45, 7) is 3.01. The van der Waals surface area contributed by atoms with Crippen molar-refractivity contribution >= 4 is 11.0 Å². The minimum Gasteiger partial charge on any atom is -0.310 e. The molecule has 0 spiro atoms. The van der Waals surface area contributed by atoms with Gasteiger partial charge >= 0.3 is 0 Å². The van der Waals surface area contributed by atoms with Crippen LogP contribution in [0, 0.1) is 6.92 Å². The third kappa shape index (κ3) is 2.43. The molecule has 0 unspecified atom stereocenters.